The first-order chi connectivity index (χ1) is 15.4. The monoisotopic (exact) mass is 403 g/mol. The maximum atomic E-state index is 6.01. The Morgan fingerprint density at radius 2 is 1.26 bits per heavy atom. The zero-order chi connectivity index (χ0) is 20.9. The van der Waals surface area contributed by atoms with Gasteiger partial charge in [-0.15, -0.1) is 0 Å². The van der Waals surface area contributed by atoms with Crippen LogP contribution in [0.2, 0.25) is 0 Å². The molecule has 0 amide bonds. The Bertz CT molecular complexity index is 1180. The highest BCUT2D eigenvalue weighted by Gasteiger charge is 2.39. The van der Waals surface area contributed by atoms with Gasteiger partial charge in [0.25, 0.3) is 0 Å². The van der Waals surface area contributed by atoms with E-state index in [-0.39, 0.29) is 0 Å². The molecule has 0 bridgehead atoms. The lowest BCUT2D eigenvalue weighted by atomic mass is 9.79. The van der Waals surface area contributed by atoms with Crippen molar-refractivity contribution in [2.75, 3.05) is 0 Å². The summed E-state index contributed by atoms with van der Waals surface area (Å²) in [5.74, 6) is 1.59. The first-order valence-electron chi connectivity index (χ1n) is 10.2. The van der Waals surface area contributed by atoms with Crippen molar-refractivity contribution in [1.29, 1.82) is 0 Å². The molecular weight excluding hydrogens is 382 g/mol. The Hall–Kier alpha value is -4.18. The molecule has 1 atom stereocenters. The van der Waals surface area contributed by atoms with Gasteiger partial charge in [0.2, 0.25) is 0 Å². The van der Waals surface area contributed by atoms with Crippen molar-refractivity contribution in [3.05, 3.63) is 145 Å². The fourth-order valence-corrected chi connectivity index (χ4v) is 4.00. The molecule has 1 unspecified atom stereocenters. The zero-order valence-electron chi connectivity index (χ0n) is 16.9. The molecule has 0 saturated carbocycles. The van der Waals surface area contributed by atoms with E-state index in [2.05, 4.69) is 52.0 Å². The average Bonchev–Trinajstić information content (AvgIpc) is 3.38. The molecule has 3 aromatic carbocycles. The minimum Gasteiger partial charge on any atom is -0.457 e. The minimum absolute atomic E-state index is 0.662. The Morgan fingerprint density at radius 3 is 1.90 bits per heavy atom. The van der Waals surface area contributed by atoms with Crippen molar-refractivity contribution in [3.8, 4) is 11.5 Å². The SMILES string of the molecule is c1ccc(Oc2ccc(C(c3ccccc3)(c3ccccn3)n3ccnc3)cc2)cc1. The molecule has 0 fully saturated rings. The number of hydrogen-bond acceptors (Lipinski definition) is 3. The van der Waals surface area contributed by atoms with E-state index in [1.165, 1.54) is 0 Å². The smallest absolute Gasteiger partial charge is 0.138 e. The van der Waals surface area contributed by atoms with Crippen molar-refractivity contribution < 1.29 is 4.74 Å². The lowest BCUT2D eigenvalue weighted by molar-refractivity contribution is 0.477. The van der Waals surface area contributed by atoms with E-state index in [9.17, 15) is 0 Å². The second-order valence-electron chi connectivity index (χ2n) is 7.20. The first-order valence-corrected chi connectivity index (χ1v) is 10.2. The summed E-state index contributed by atoms with van der Waals surface area (Å²) in [6.07, 6.45) is 7.45. The van der Waals surface area contributed by atoms with Crippen LogP contribution in [0.5, 0.6) is 11.5 Å². The van der Waals surface area contributed by atoms with Gasteiger partial charge >= 0.3 is 0 Å². The standard InChI is InChI=1S/C27H21N3O/c1-3-9-22(10-4-1)27(30-20-19-28-21-30,26-13-7-8-18-29-26)23-14-16-25(17-15-23)31-24-11-5-2-6-12-24/h1-21H. The third kappa shape index (κ3) is 3.49. The number of para-hydroxylation sites is 1. The number of hydrogen-bond donors (Lipinski definition) is 0. The van der Waals surface area contributed by atoms with Crippen LogP contribution in [0, 0.1) is 0 Å². The highest BCUT2D eigenvalue weighted by Crippen LogP contribution is 2.40. The van der Waals surface area contributed by atoms with Crippen LogP contribution < -0.4 is 4.74 Å². The van der Waals surface area contributed by atoms with E-state index >= 15 is 0 Å². The lowest BCUT2D eigenvalue weighted by Crippen LogP contribution is -2.37. The van der Waals surface area contributed by atoms with Gasteiger partial charge < -0.3 is 9.30 Å². The molecule has 150 valence electrons. The fourth-order valence-electron chi connectivity index (χ4n) is 4.00. The fraction of sp³-hybridized carbons (Fsp3) is 0.0370. The van der Waals surface area contributed by atoms with Crippen molar-refractivity contribution in [3.63, 3.8) is 0 Å². The summed E-state index contributed by atoms with van der Waals surface area (Å²) in [5, 5.41) is 0. The van der Waals surface area contributed by atoms with E-state index in [1.807, 2.05) is 79.4 Å². The summed E-state index contributed by atoms with van der Waals surface area (Å²) in [6.45, 7) is 0. The van der Waals surface area contributed by atoms with Gasteiger partial charge in [0, 0.05) is 18.6 Å². The van der Waals surface area contributed by atoms with Gasteiger partial charge in [-0.3, -0.25) is 4.98 Å². The minimum atomic E-state index is -0.662. The van der Waals surface area contributed by atoms with Crippen LogP contribution in [0.25, 0.3) is 0 Å². The van der Waals surface area contributed by atoms with Crippen LogP contribution in [-0.2, 0) is 5.54 Å². The summed E-state index contributed by atoms with van der Waals surface area (Å²) in [4.78, 5) is 9.12. The predicted octanol–water partition coefficient (Wildman–Crippen LogP) is 5.91. The van der Waals surface area contributed by atoms with Gasteiger partial charge in [-0.2, -0.15) is 0 Å². The van der Waals surface area contributed by atoms with Crippen LogP contribution in [0.15, 0.2) is 128 Å². The highest BCUT2D eigenvalue weighted by atomic mass is 16.5. The number of pyridine rings is 1. The number of aromatic nitrogens is 3. The molecule has 0 spiro atoms. The number of imidazole rings is 1. The van der Waals surface area contributed by atoms with E-state index in [1.54, 1.807) is 6.20 Å². The largest absolute Gasteiger partial charge is 0.457 e. The number of rotatable bonds is 6. The quantitative estimate of drug-likeness (QED) is 0.354. The second-order valence-corrected chi connectivity index (χ2v) is 7.20. The first kappa shape index (κ1) is 18.8. The van der Waals surface area contributed by atoms with Gasteiger partial charge in [-0.25, -0.2) is 4.98 Å². The Balaban J connectivity index is 1.68. The van der Waals surface area contributed by atoms with Gasteiger partial charge in [0.15, 0.2) is 0 Å². The van der Waals surface area contributed by atoms with E-state index in [0.29, 0.717) is 0 Å². The Morgan fingerprint density at radius 1 is 0.613 bits per heavy atom. The highest BCUT2D eigenvalue weighted by molar-refractivity contribution is 5.49. The molecule has 0 radical (unpaired) electrons. The van der Waals surface area contributed by atoms with Gasteiger partial charge in [0.1, 0.15) is 17.0 Å². The maximum Gasteiger partial charge on any atom is 0.138 e. The number of ether oxygens (including phenoxy) is 1. The lowest BCUT2D eigenvalue weighted by Gasteiger charge is -2.36. The zero-order valence-corrected chi connectivity index (χ0v) is 16.9. The van der Waals surface area contributed by atoms with Crippen LogP contribution in [0.1, 0.15) is 16.8 Å². The molecule has 0 aliphatic rings. The third-order valence-electron chi connectivity index (χ3n) is 5.37. The molecule has 2 heterocycles. The summed E-state index contributed by atoms with van der Waals surface area (Å²) in [6, 6.07) is 34.4. The predicted molar refractivity (Wildman–Crippen MR) is 121 cm³/mol. The molecular formula is C27H21N3O. The molecule has 5 rings (SSSR count). The molecule has 31 heavy (non-hydrogen) atoms. The second kappa shape index (κ2) is 8.28. The van der Waals surface area contributed by atoms with Crippen LogP contribution in [-0.4, -0.2) is 14.5 Å². The topological polar surface area (TPSA) is 39.9 Å². The Labute approximate surface area is 181 Å². The molecule has 0 N–H and O–H groups in total. The summed E-state index contributed by atoms with van der Waals surface area (Å²) < 4.78 is 8.12. The van der Waals surface area contributed by atoms with E-state index in [4.69, 9.17) is 9.72 Å². The molecule has 4 nitrogen and oxygen atoms in total. The summed E-state index contributed by atoms with van der Waals surface area (Å²) >= 11 is 0. The molecule has 0 aliphatic carbocycles. The summed E-state index contributed by atoms with van der Waals surface area (Å²) in [7, 11) is 0. The van der Waals surface area contributed by atoms with Gasteiger partial charge in [-0.05, 0) is 47.5 Å². The number of nitrogens with zero attached hydrogens (tertiary/aromatic N) is 3. The van der Waals surface area contributed by atoms with Gasteiger partial charge in [0.05, 0.1) is 12.0 Å². The molecule has 0 saturated heterocycles. The maximum absolute atomic E-state index is 6.01. The molecule has 5 aromatic rings. The van der Waals surface area contributed by atoms with E-state index < -0.39 is 5.54 Å². The number of benzene rings is 3. The van der Waals surface area contributed by atoms with Gasteiger partial charge in [-0.1, -0.05) is 66.7 Å². The Kier molecular flexibility index (Phi) is 5.03. The van der Waals surface area contributed by atoms with Crippen molar-refractivity contribution in [2.24, 2.45) is 0 Å². The normalized spacial score (nSPS) is 12.8. The van der Waals surface area contributed by atoms with Crippen LogP contribution in [0.3, 0.4) is 0 Å². The van der Waals surface area contributed by atoms with Crippen molar-refractivity contribution in [1.82, 2.24) is 14.5 Å². The average molecular weight is 403 g/mol. The molecule has 2 aromatic heterocycles. The third-order valence-corrected chi connectivity index (χ3v) is 5.37. The van der Waals surface area contributed by atoms with Crippen LogP contribution >= 0.6 is 0 Å². The van der Waals surface area contributed by atoms with E-state index in [0.717, 1.165) is 28.3 Å². The van der Waals surface area contributed by atoms with Crippen molar-refractivity contribution >= 4 is 0 Å². The van der Waals surface area contributed by atoms with Crippen LogP contribution in [0.4, 0.5) is 0 Å². The van der Waals surface area contributed by atoms with Crippen molar-refractivity contribution in [2.45, 2.75) is 5.54 Å². The summed E-state index contributed by atoms with van der Waals surface area (Å²) in [5.41, 5.74) is 2.42. The molecule has 0 aliphatic heterocycles. The molecule has 4 heteroatoms.